The summed E-state index contributed by atoms with van der Waals surface area (Å²) in [5.41, 5.74) is 4.92. The van der Waals surface area contributed by atoms with E-state index in [0.717, 1.165) is 45.2 Å². The SMILES string of the molecule is NC(=O)NCCCCCC(=O)OCC(=O)N1CCCCC1. The topological polar surface area (TPSA) is 102 Å². The molecule has 0 unspecified atom stereocenters. The van der Waals surface area contributed by atoms with Crippen molar-refractivity contribution in [3.8, 4) is 0 Å². The van der Waals surface area contributed by atoms with Gasteiger partial charge in [-0.15, -0.1) is 0 Å². The Kier molecular flexibility index (Phi) is 8.23. The number of nitrogens with zero attached hydrogens (tertiary/aromatic N) is 1. The van der Waals surface area contributed by atoms with E-state index in [4.69, 9.17) is 10.5 Å². The normalized spacial score (nSPS) is 14.6. The van der Waals surface area contributed by atoms with Crippen LogP contribution in [-0.2, 0) is 14.3 Å². The summed E-state index contributed by atoms with van der Waals surface area (Å²) in [5.74, 6) is -0.447. The van der Waals surface area contributed by atoms with E-state index in [-0.39, 0.29) is 18.5 Å². The molecule has 0 aromatic heterocycles. The van der Waals surface area contributed by atoms with Crippen LogP contribution in [0.5, 0.6) is 0 Å². The van der Waals surface area contributed by atoms with Gasteiger partial charge in [0.2, 0.25) is 0 Å². The smallest absolute Gasteiger partial charge is 0.312 e. The summed E-state index contributed by atoms with van der Waals surface area (Å²) in [6, 6.07) is -0.536. The van der Waals surface area contributed by atoms with Gasteiger partial charge < -0.3 is 20.7 Å². The van der Waals surface area contributed by atoms with Crippen molar-refractivity contribution in [2.75, 3.05) is 26.2 Å². The van der Waals surface area contributed by atoms with Gasteiger partial charge in [-0.1, -0.05) is 6.42 Å². The Morgan fingerprint density at radius 3 is 2.43 bits per heavy atom. The highest BCUT2D eigenvalue weighted by Crippen LogP contribution is 2.09. The second-order valence-electron chi connectivity index (χ2n) is 5.20. The van der Waals surface area contributed by atoms with Crippen LogP contribution in [0.3, 0.4) is 0 Å². The molecule has 1 saturated heterocycles. The van der Waals surface area contributed by atoms with Crippen LogP contribution in [0.15, 0.2) is 0 Å². The molecular formula is C14H25N3O4. The molecule has 7 heteroatoms. The molecule has 7 nitrogen and oxygen atoms in total. The molecule has 1 aliphatic heterocycles. The lowest BCUT2D eigenvalue weighted by molar-refractivity contribution is -0.152. The number of piperidine rings is 1. The van der Waals surface area contributed by atoms with Crippen LogP contribution in [0, 0.1) is 0 Å². The van der Waals surface area contributed by atoms with Crippen molar-refractivity contribution < 1.29 is 19.1 Å². The molecule has 0 aliphatic carbocycles. The van der Waals surface area contributed by atoms with Crippen LogP contribution in [0.2, 0.25) is 0 Å². The first kappa shape index (κ1) is 17.3. The van der Waals surface area contributed by atoms with E-state index >= 15 is 0 Å². The molecule has 0 aromatic carbocycles. The minimum absolute atomic E-state index is 0.103. The third-order valence-corrected chi connectivity index (χ3v) is 3.42. The first-order valence-electron chi connectivity index (χ1n) is 7.56. The minimum Gasteiger partial charge on any atom is -0.456 e. The van der Waals surface area contributed by atoms with Gasteiger partial charge in [-0.25, -0.2) is 4.79 Å². The van der Waals surface area contributed by atoms with Crippen molar-refractivity contribution >= 4 is 17.9 Å². The Morgan fingerprint density at radius 2 is 1.76 bits per heavy atom. The Bertz CT molecular complexity index is 354. The van der Waals surface area contributed by atoms with Gasteiger partial charge in [0.05, 0.1) is 0 Å². The van der Waals surface area contributed by atoms with Crippen LogP contribution in [0.25, 0.3) is 0 Å². The number of primary amides is 1. The first-order valence-corrected chi connectivity index (χ1v) is 7.56. The maximum atomic E-state index is 11.8. The van der Waals surface area contributed by atoms with Gasteiger partial charge in [-0.3, -0.25) is 9.59 Å². The highest BCUT2D eigenvalue weighted by molar-refractivity contribution is 5.80. The fraction of sp³-hybridized carbons (Fsp3) is 0.786. The summed E-state index contributed by atoms with van der Waals surface area (Å²) >= 11 is 0. The molecule has 0 radical (unpaired) electrons. The number of amides is 3. The van der Waals surface area contributed by atoms with Gasteiger partial charge in [0, 0.05) is 26.1 Å². The van der Waals surface area contributed by atoms with E-state index in [1.807, 2.05) is 0 Å². The van der Waals surface area contributed by atoms with E-state index in [1.54, 1.807) is 4.90 Å². The van der Waals surface area contributed by atoms with E-state index in [9.17, 15) is 14.4 Å². The summed E-state index contributed by atoms with van der Waals surface area (Å²) in [6.45, 7) is 1.90. The molecule has 0 saturated carbocycles. The zero-order valence-corrected chi connectivity index (χ0v) is 12.4. The second-order valence-corrected chi connectivity index (χ2v) is 5.20. The van der Waals surface area contributed by atoms with Crippen molar-refractivity contribution in [2.24, 2.45) is 5.73 Å². The van der Waals surface area contributed by atoms with Gasteiger partial charge in [0.25, 0.3) is 5.91 Å². The molecule has 120 valence electrons. The van der Waals surface area contributed by atoms with Gasteiger partial charge >= 0.3 is 12.0 Å². The molecule has 0 bridgehead atoms. The van der Waals surface area contributed by atoms with Crippen LogP contribution in [-0.4, -0.2) is 49.0 Å². The Hall–Kier alpha value is -1.79. The third-order valence-electron chi connectivity index (χ3n) is 3.42. The van der Waals surface area contributed by atoms with E-state index in [0.29, 0.717) is 19.4 Å². The maximum Gasteiger partial charge on any atom is 0.312 e. The largest absolute Gasteiger partial charge is 0.456 e. The molecule has 0 aromatic rings. The number of rotatable bonds is 8. The summed E-state index contributed by atoms with van der Waals surface area (Å²) in [4.78, 5) is 35.4. The predicted octanol–water partition coefficient (Wildman–Crippen LogP) is 0.771. The Balaban J connectivity index is 2.00. The average molecular weight is 299 g/mol. The molecule has 21 heavy (non-hydrogen) atoms. The van der Waals surface area contributed by atoms with E-state index in [2.05, 4.69) is 5.32 Å². The number of hydrogen-bond donors (Lipinski definition) is 2. The third kappa shape index (κ3) is 8.16. The molecule has 1 fully saturated rings. The summed E-state index contributed by atoms with van der Waals surface area (Å²) < 4.78 is 4.98. The van der Waals surface area contributed by atoms with E-state index < -0.39 is 6.03 Å². The highest BCUT2D eigenvalue weighted by Gasteiger charge is 2.17. The van der Waals surface area contributed by atoms with Gasteiger partial charge in [0.1, 0.15) is 0 Å². The number of nitrogens with two attached hydrogens (primary N) is 1. The Morgan fingerprint density at radius 1 is 1.05 bits per heavy atom. The monoisotopic (exact) mass is 299 g/mol. The van der Waals surface area contributed by atoms with Crippen LogP contribution < -0.4 is 11.1 Å². The number of carbonyl (C=O) groups is 3. The fourth-order valence-electron chi connectivity index (χ4n) is 2.23. The first-order chi connectivity index (χ1) is 10.1. The van der Waals surface area contributed by atoms with Crippen molar-refractivity contribution in [3.63, 3.8) is 0 Å². The summed E-state index contributed by atoms with van der Waals surface area (Å²) in [5, 5.41) is 2.48. The Labute approximate surface area is 125 Å². The molecule has 1 heterocycles. The number of hydrogen-bond acceptors (Lipinski definition) is 4. The van der Waals surface area contributed by atoms with Crippen LogP contribution in [0.1, 0.15) is 44.9 Å². The molecule has 1 rings (SSSR count). The molecule has 0 spiro atoms. The molecular weight excluding hydrogens is 274 g/mol. The molecule has 1 aliphatic rings. The number of carbonyl (C=O) groups excluding carboxylic acids is 3. The van der Waals surface area contributed by atoms with Gasteiger partial charge in [0.15, 0.2) is 6.61 Å². The molecule has 3 amide bonds. The maximum absolute atomic E-state index is 11.8. The van der Waals surface area contributed by atoms with Gasteiger partial charge in [-0.2, -0.15) is 0 Å². The summed E-state index contributed by atoms with van der Waals surface area (Å²) in [7, 11) is 0. The van der Waals surface area contributed by atoms with Crippen molar-refractivity contribution in [3.05, 3.63) is 0 Å². The zero-order chi connectivity index (χ0) is 15.5. The van der Waals surface area contributed by atoms with Crippen LogP contribution >= 0.6 is 0 Å². The fourth-order valence-corrected chi connectivity index (χ4v) is 2.23. The standard InChI is InChI=1S/C14H25N3O4/c15-14(20)16-8-4-1-3-7-13(19)21-11-12(18)17-9-5-2-6-10-17/h1-11H2,(H3,15,16,20). The number of ether oxygens (including phenoxy) is 1. The number of nitrogens with one attached hydrogen (secondary N) is 1. The number of urea groups is 1. The number of unbranched alkanes of at least 4 members (excludes halogenated alkanes) is 2. The quantitative estimate of drug-likeness (QED) is 0.510. The minimum atomic E-state index is -0.536. The van der Waals surface area contributed by atoms with Gasteiger partial charge in [-0.05, 0) is 32.1 Å². The highest BCUT2D eigenvalue weighted by atomic mass is 16.5. The van der Waals surface area contributed by atoms with Crippen molar-refractivity contribution in [1.82, 2.24) is 10.2 Å². The number of likely N-dealkylation sites (tertiary alicyclic amines) is 1. The zero-order valence-electron chi connectivity index (χ0n) is 12.4. The average Bonchev–Trinajstić information content (AvgIpc) is 2.49. The van der Waals surface area contributed by atoms with Crippen molar-refractivity contribution in [2.45, 2.75) is 44.9 Å². The second kappa shape index (κ2) is 10.0. The molecule has 0 atom stereocenters. The lowest BCUT2D eigenvalue weighted by Gasteiger charge is -2.26. The lowest BCUT2D eigenvalue weighted by Crippen LogP contribution is -2.38. The lowest BCUT2D eigenvalue weighted by atomic mass is 10.1. The number of esters is 1. The summed E-state index contributed by atoms with van der Waals surface area (Å²) in [6.07, 6.45) is 5.76. The molecule has 3 N–H and O–H groups in total. The van der Waals surface area contributed by atoms with Crippen molar-refractivity contribution in [1.29, 1.82) is 0 Å². The van der Waals surface area contributed by atoms with Crippen LogP contribution in [0.4, 0.5) is 4.79 Å². The predicted molar refractivity (Wildman–Crippen MR) is 77.4 cm³/mol. The van der Waals surface area contributed by atoms with E-state index in [1.165, 1.54) is 0 Å².